The SMILES string of the molecule is O=C(c1cccc(F)c1)N1CCCc2cccc(F)c21. The van der Waals surface area contributed by atoms with Gasteiger partial charge >= 0.3 is 0 Å². The molecule has 0 aromatic heterocycles. The third kappa shape index (κ3) is 2.18. The Balaban J connectivity index is 2.03. The van der Waals surface area contributed by atoms with E-state index in [0.717, 1.165) is 18.4 Å². The first kappa shape index (κ1) is 12.8. The Labute approximate surface area is 115 Å². The van der Waals surface area contributed by atoms with Crippen LogP contribution in [0.5, 0.6) is 0 Å². The summed E-state index contributed by atoms with van der Waals surface area (Å²) < 4.78 is 27.2. The monoisotopic (exact) mass is 273 g/mol. The molecule has 1 heterocycles. The number of halogens is 2. The van der Waals surface area contributed by atoms with E-state index in [-0.39, 0.29) is 11.5 Å². The number of hydrogen-bond donors (Lipinski definition) is 0. The summed E-state index contributed by atoms with van der Waals surface area (Å²) in [6.07, 6.45) is 1.53. The van der Waals surface area contributed by atoms with Gasteiger partial charge in [0.1, 0.15) is 11.6 Å². The Hall–Kier alpha value is -2.23. The predicted molar refractivity (Wildman–Crippen MR) is 72.8 cm³/mol. The topological polar surface area (TPSA) is 20.3 Å². The van der Waals surface area contributed by atoms with Crippen molar-refractivity contribution in [3.63, 3.8) is 0 Å². The molecule has 2 aromatic carbocycles. The van der Waals surface area contributed by atoms with Crippen molar-refractivity contribution in [3.8, 4) is 0 Å². The van der Waals surface area contributed by atoms with Gasteiger partial charge in [-0.25, -0.2) is 8.78 Å². The van der Waals surface area contributed by atoms with Crippen molar-refractivity contribution in [1.29, 1.82) is 0 Å². The number of fused-ring (bicyclic) bond motifs is 1. The highest BCUT2D eigenvalue weighted by atomic mass is 19.1. The van der Waals surface area contributed by atoms with Crippen molar-refractivity contribution in [2.45, 2.75) is 12.8 Å². The van der Waals surface area contributed by atoms with Gasteiger partial charge in [0.15, 0.2) is 0 Å². The summed E-state index contributed by atoms with van der Waals surface area (Å²) in [4.78, 5) is 13.9. The molecule has 20 heavy (non-hydrogen) atoms. The lowest BCUT2D eigenvalue weighted by Crippen LogP contribution is -2.36. The smallest absolute Gasteiger partial charge is 0.258 e. The van der Waals surface area contributed by atoms with Crippen LogP contribution in [0.4, 0.5) is 14.5 Å². The number of benzene rings is 2. The Kier molecular flexibility index (Phi) is 3.22. The molecule has 3 rings (SSSR count). The Morgan fingerprint density at radius 2 is 1.90 bits per heavy atom. The second-order valence-electron chi connectivity index (χ2n) is 4.82. The first-order valence-electron chi connectivity index (χ1n) is 6.51. The van der Waals surface area contributed by atoms with Gasteiger partial charge in [-0.15, -0.1) is 0 Å². The fraction of sp³-hybridized carbons (Fsp3) is 0.188. The van der Waals surface area contributed by atoms with Crippen LogP contribution in [0.3, 0.4) is 0 Å². The molecule has 0 saturated carbocycles. The summed E-state index contributed by atoms with van der Waals surface area (Å²) >= 11 is 0. The average Bonchev–Trinajstić information content (AvgIpc) is 2.46. The maximum atomic E-state index is 14.0. The molecule has 0 radical (unpaired) electrons. The fourth-order valence-electron chi connectivity index (χ4n) is 2.58. The predicted octanol–water partition coefficient (Wildman–Crippen LogP) is 3.56. The maximum Gasteiger partial charge on any atom is 0.258 e. The van der Waals surface area contributed by atoms with Crippen molar-refractivity contribution < 1.29 is 13.6 Å². The molecule has 1 aliphatic rings. The average molecular weight is 273 g/mol. The molecular weight excluding hydrogens is 260 g/mol. The third-order valence-corrected chi connectivity index (χ3v) is 3.48. The maximum absolute atomic E-state index is 14.0. The number of nitrogens with zero attached hydrogens (tertiary/aromatic N) is 1. The Bertz CT molecular complexity index is 669. The van der Waals surface area contributed by atoms with Crippen LogP contribution in [0.25, 0.3) is 0 Å². The number of aryl methyl sites for hydroxylation is 1. The van der Waals surface area contributed by atoms with Gasteiger partial charge in [0.2, 0.25) is 0 Å². The summed E-state index contributed by atoms with van der Waals surface area (Å²) in [6, 6.07) is 10.3. The number of carbonyl (C=O) groups excluding carboxylic acids is 1. The van der Waals surface area contributed by atoms with Crippen LogP contribution in [-0.2, 0) is 6.42 Å². The molecule has 102 valence electrons. The molecule has 1 aliphatic heterocycles. The van der Waals surface area contributed by atoms with Gasteiger partial charge in [-0.2, -0.15) is 0 Å². The number of anilines is 1. The number of amides is 1. The van der Waals surface area contributed by atoms with Crippen LogP contribution in [-0.4, -0.2) is 12.5 Å². The quantitative estimate of drug-likeness (QED) is 0.778. The Morgan fingerprint density at radius 1 is 1.10 bits per heavy atom. The molecule has 0 unspecified atom stereocenters. The van der Waals surface area contributed by atoms with Gasteiger partial charge in [0.25, 0.3) is 5.91 Å². The molecule has 0 bridgehead atoms. The molecular formula is C16H13F2NO. The van der Waals surface area contributed by atoms with E-state index in [1.807, 2.05) is 6.07 Å². The molecule has 2 aromatic rings. The normalized spacial score (nSPS) is 14.0. The molecule has 0 aliphatic carbocycles. The number of hydrogen-bond acceptors (Lipinski definition) is 1. The first-order valence-corrected chi connectivity index (χ1v) is 6.51. The highest BCUT2D eigenvalue weighted by molar-refractivity contribution is 6.06. The zero-order chi connectivity index (χ0) is 14.1. The number of rotatable bonds is 1. The lowest BCUT2D eigenvalue weighted by Gasteiger charge is -2.29. The van der Waals surface area contributed by atoms with Crippen LogP contribution in [0, 0.1) is 11.6 Å². The van der Waals surface area contributed by atoms with Crippen molar-refractivity contribution in [3.05, 3.63) is 65.2 Å². The van der Waals surface area contributed by atoms with Crippen molar-refractivity contribution in [1.82, 2.24) is 0 Å². The molecule has 1 amide bonds. The zero-order valence-corrected chi connectivity index (χ0v) is 10.8. The lowest BCUT2D eigenvalue weighted by molar-refractivity contribution is 0.0983. The summed E-state index contributed by atoms with van der Waals surface area (Å²) in [7, 11) is 0. The van der Waals surface area contributed by atoms with Crippen LogP contribution in [0.2, 0.25) is 0 Å². The minimum atomic E-state index is -0.471. The van der Waals surface area contributed by atoms with Gasteiger partial charge in [-0.3, -0.25) is 4.79 Å². The fourth-order valence-corrected chi connectivity index (χ4v) is 2.58. The van der Waals surface area contributed by atoms with Crippen molar-refractivity contribution in [2.75, 3.05) is 11.4 Å². The van der Waals surface area contributed by atoms with E-state index in [1.54, 1.807) is 12.1 Å². The molecule has 0 atom stereocenters. The summed E-state index contributed by atoms with van der Waals surface area (Å²) in [5.74, 6) is -1.25. The van der Waals surface area contributed by atoms with E-state index in [0.29, 0.717) is 12.2 Å². The van der Waals surface area contributed by atoms with E-state index in [2.05, 4.69) is 0 Å². The zero-order valence-electron chi connectivity index (χ0n) is 10.8. The summed E-state index contributed by atoms with van der Waals surface area (Å²) in [5, 5.41) is 0. The molecule has 2 nitrogen and oxygen atoms in total. The minimum Gasteiger partial charge on any atom is -0.305 e. The standard InChI is InChI=1S/C16H13F2NO/c17-13-7-1-5-12(10-13)16(20)19-9-3-6-11-4-2-8-14(18)15(11)19/h1-2,4-5,7-8,10H,3,6,9H2. The largest absolute Gasteiger partial charge is 0.305 e. The van der Waals surface area contributed by atoms with Gasteiger partial charge in [-0.1, -0.05) is 18.2 Å². The molecule has 0 saturated heterocycles. The second-order valence-corrected chi connectivity index (χ2v) is 4.82. The second kappa shape index (κ2) is 5.04. The number of para-hydroxylation sites is 1. The summed E-state index contributed by atoms with van der Waals surface area (Å²) in [6.45, 7) is 0.448. The van der Waals surface area contributed by atoms with Gasteiger partial charge in [0.05, 0.1) is 5.69 Å². The van der Waals surface area contributed by atoms with Crippen LogP contribution in [0.15, 0.2) is 42.5 Å². The van der Waals surface area contributed by atoms with E-state index >= 15 is 0 Å². The van der Waals surface area contributed by atoms with Crippen molar-refractivity contribution >= 4 is 11.6 Å². The number of carbonyl (C=O) groups is 1. The first-order chi connectivity index (χ1) is 9.66. The van der Waals surface area contributed by atoms with E-state index in [9.17, 15) is 13.6 Å². The Morgan fingerprint density at radius 3 is 2.70 bits per heavy atom. The molecule has 0 N–H and O–H groups in total. The molecule has 4 heteroatoms. The van der Waals surface area contributed by atoms with E-state index < -0.39 is 11.6 Å². The summed E-state index contributed by atoms with van der Waals surface area (Å²) in [5.41, 5.74) is 1.38. The minimum absolute atomic E-state index is 0.237. The molecule has 0 fully saturated rings. The van der Waals surface area contributed by atoms with Crippen LogP contribution >= 0.6 is 0 Å². The van der Waals surface area contributed by atoms with Gasteiger partial charge in [-0.05, 0) is 42.7 Å². The highest BCUT2D eigenvalue weighted by Gasteiger charge is 2.26. The highest BCUT2D eigenvalue weighted by Crippen LogP contribution is 2.31. The van der Waals surface area contributed by atoms with E-state index in [1.165, 1.54) is 29.2 Å². The van der Waals surface area contributed by atoms with Gasteiger partial charge < -0.3 is 4.90 Å². The molecule has 0 spiro atoms. The van der Waals surface area contributed by atoms with Gasteiger partial charge in [0, 0.05) is 12.1 Å². The van der Waals surface area contributed by atoms with Crippen LogP contribution in [0.1, 0.15) is 22.3 Å². The van der Waals surface area contributed by atoms with Crippen molar-refractivity contribution in [2.24, 2.45) is 0 Å². The lowest BCUT2D eigenvalue weighted by atomic mass is 10.0. The third-order valence-electron chi connectivity index (χ3n) is 3.48. The van der Waals surface area contributed by atoms with E-state index in [4.69, 9.17) is 0 Å². The van der Waals surface area contributed by atoms with Crippen LogP contribution < -0.4 is 4.90 Å².